The van der Waals surface area contributed by atoms with Crippen LogP contribution in [0.4, 0.5) is 11.4 Å². The fourth-order valence-corrected chi connectivity index (χ4v) is 3.18. The fourth-order valence-electron chi connectivity index (χ4n) is 3.18. The Hall–Kier alpha value is -2.08. The number of hydrogen-bond acceptors (Lipinski definition) is 4. The zero-order valence-corrected chi connectivity index (χ0v) is 15.1. The number of anilines is 2. The summed E-state index contributed by atoms with van der Waals surface area (Å²) in [6, 6.07) is 5.44. The zero-order chi connectivity index (χ0) is 18.0. The number of carbonyl (C=O) groups is 2. The van der Waals surface area contributed by atoms with E-state index in [1.54, 1.807) is 11.0 Å². The van der Waals surface area contributed by atoms with Gasteiger partial charge in [-0.05, 0) is 45.2 Å². The van der Waals surface area contributed by atoms with Gasteiger partial charge in [-0.2, -0.15) is 0 Å². The van der Waals surface area contributed by atoms with Gasteiger partial charge >= 0.3 is 0 Å². The summed E-state index contributed by atoms with van der Waals surface area (Å²) in [4.78, 5) is 26.8. The molecule has 0 saturated carbocycles. The van der Waals surface area contributed by atoms with E-state index in [4.69, 9.17) is 9.47 Å². The molecule has 2 heterocycles. The van der Waals surface area contributed by atoms with Gasteiger partial charge in [-0.15, -0.1) is 0 Å². The summed E-state index contributed by atoms with van der Waals surface area (Å²) in [6.07, 6.45) is 2.14. The summed E-state index contributed by atoms with van der Waals surface area (Å²) < 4.78 is 11.3. The first kappa shape index (κ1) is 17.7. The Bertz CT molecular complexity index is 665. The maximum Gasteiger partial charge on any atom is 0.253 e. The first-order chi connectivity index (χ1) is 11.9. The van der Waals surface area contributed by atoms with Gasteiger partial charge in [0.25, 0.3) is 5.91 Å². The van der Waals surface area contributed by atoms with Crippen LogP contribution < -0.4 is 15.0 Å². The van der Waals surface area contributed by atoms with Gasteiger partial charge in [-0.25, -0.2) is 0 Å². The lowest BCUT2D eigenvalue weighted by molar-refractivity contribution is -0.127. The highest BCUT2D eigenvalue weighted by Gasteiger charge is 2.37. The molecule has 1 aromatic carbocycles. The molecule has 0 aromatic heterocycles. The van der Waals surface area contributed by atoms with E-state index in [-0.39, 0.29) is 17.9 Å². The highest BCUT2D eigenvalue weighted by molar-refractivity contribution is 6.00. The molecular formula is C19H26N2O4. The summed E-state index contributed by atoms with van der Waals surface area (Å²) in [6.45, 7) is 7.41. The van der Waals surface area contributed by atoms with Gasteiger partial charge in [0.2, 0.25) is 5.91 Å². The first-order valence-corrected chi connectivity index (χ1v) is 8.93. The second-order valence-electron chi connectivity index (χ2n) is 7.30. The molecule has 2 amide bonds. The molecule has 25 heavy (non-hydrogen) atoms. The number of benzene rings is 1. The van der Waals surface area contributed by atoms with Gasteiger partial charge in [0.05, 0.1) is 11.1 Å². The third-order valence-corrected chi connectivity index (χ3v) is 4.60. The van der Waals surface area contributed by atoms with Crippen LogP contribution in [-0.4, -0.2) is 37.7 Å². The number of carbonyl (C=O) groups excluding carboxylic acids is 2. The molecule has 136 valence electrons. The van der Waals surface area contributed by atoms with Crippen LogP contribution in [0, 0.1) is 5.41 Å². The highest BCUT2D eigenvalue weighted by atomic mass is 16.5. The smallest absolute Gasteiger partial charge is 0.253 e. The van der Waals surface area contributed by atoms with E-state index in [2.05, 4.69) is 5.32 Å². The van der Waals surface area contributed by atoms with Crippen molar-refractivity contribution in [3.8, 4) is 5.75 Å². The molecule has 1 aromatic rings. The average molecular weight is 346 g/mol. The normalized spacial score (nSPS) is 22.1. The van der Waals surface area contributed by atoms with Gasteiger partial charge in [0.1, 0.15) is 18.5 Å². The number of fused-ring (bicyclic) bond motifs is 1. The van der Waals surface area contributed by atoms with Crippen molar-refractivity contribution >= 4 is 23.2 Å². The highest BCUT2D eigenvalue weighted by Crippen LogP contribution is 2.38. The lowest BCUT2D eigenvalue weighted by atomic mass is 9.93. The summed E-state index contributed by atoms with van der Waals surface area (Å²) >= 11 is 0. The molecular weight excluding hydrogens is 320 g/mol. The molecule has 1 atom stereocenters. The zero-order valence-electron chi connectivity index (χ0n) is 15.1. The van der Waals surface area contributed by atoms with Crippen LogP contribution >= 0.6 is 0 Å². The van der Waals surface area contributed by atoms with Crippen molar-refractivity contribution in [1.29, 1.82) is 0 Å². The van der Waals surface area contributed by atoms with E-state index < -0.39 is 5.41 Å². The SMILES string of the molecule is CCCN1C(=O)C(C)(C)COc2cc(NC(=O)[C@H]3CCCO3)ccc21. The lowest BCUT2D eigenvalue weighted by Crippen LogP contribution is -2.42. The van der Waals surface area contributed by atoms with Crippen molar-refractivity contribution in [2.24, 2.45) is 5.41 Å². The molecule has 6 heteroatoms. The minimum Gasteiger partial charge on any atom is -0.490 e. The largest absolute Gasteiger partial charge is 0.490 e. The van der Waals surface area contributed by atoms with Crippen LogP contribution in [-0.2, 0) is 14.3 Å². The number of nitrogens with one attached hydrogen (secondary N) is 1. The van der Waals surface area contributed by atoms with Gasteiger partial charge < -0.3 is 19.7 Å². The monoisotopic (exact) mass is 346 g/mol. The van der Waals surface area contributed by atoms with Crippen LogP contribution in [0.15, 0.2) is 18.2 Å². The molecule has 6 nitrogen and oxygen atoms in total. The number of rotatable bonds is 4. The van der Waals surface area contributed by atoms with Gasteiger partial charge in [0.15, 0.2) is 0 Å². The third-order valence-electron chi connectivity index (χ3n) is 4.60. The Morgan fingerprint density at radius 2 is 2.20 bits per heavy atom. The average Bonchev–Trinajstić information content (AvgIpc) is 3.10. The lowest BCUT2D eigenvalue weighted by Gasteiger charge is -2.27. The molecule has 2 aliphatic heterocycles. The van der Waals surface area contributed by atoms with Crippen LogP contribution in [0.3, 0.4) is 0 Å². The van der Waals surface area contributed by atoms with E-state index in [9.17, 15) is 9.59 Å². The van der Waals surface area contributed by atoms with E-state index in [0.717, 1.165) is 24.9 Å². The molecule has 0 aliphatic carbocycles. The van der Waals surface area contributed by atoms with Crippen molar-refractivity contribution in [3.05, 3.63) is 18.2 Å². The molecule has 0 unspecified atom stereocenters. The standard InChI is InChI=1S/C19H26N2O4/c1-4-9-21-14-8-7-13(20-17(22)15-6-5-10-24-15)11-16(14)25-12-19(2,3)18(21)23/h7-8,11,15H,4-6,9-10,12H2,1-3H3,(H,20,22)/t15-/m1/s1. The number of amides is 2. The molecule has 1 saturated heterocycles. The van der Waals surface area contributed by atoms with Gasteiger partial charge in [-0.3, -0.25) is 9.59 Å². The minimum absolute atomic E-state index is 0.0595. The molecule has 2 aliphatic rings. The topological polar surface area (TPSA) is 67.9 Å². The Morgan fingerprint density at radius 3 is 2.88 bits per heavy atom. The van der Waals surface area contributed by atoms with Gasteiger partial charge in [0, 0.05) is 24.9 Å². The molecule has 1 fully saturated rings. The maximum absolute atomic E-state index is 12.8. The molecule has 0 radical (unpaired) electrons. The van der Waals surface area contributed by atoms with E-state index in [0.29, 0.717) is 31.2 Å². The van der Waals surface area contributed by atoms with Crippen LogP contribution in [0.5, 0.6) is 5.75 Å². The summed E-state index contributed by atoms with van der Waals surface area (Å²) in [7, 11) is 0. The van der Waals surface area contributed by atoms with Crippen molar-refractivity contribution in [3.63, 3.8) is 0 Å². The fraction of sp³-hybridized carbons (Fsp3) is 0.579. The predicted octanol–water partition coefficient (Wildman–Crippen LogP) is 2.97. The van der Waals surface area contributed by atoms with E-state index in [1.807, 2.05) is 32.9 Å². The van der Waals surface area contributed by atoms with Crippen LogP contribution in [0.2, 0.25) is 0 Å². The molecule has 0 spiro atoms. The first-order valence-electron chi connectivity index (χ1n) is 8.93. The molecule has 1 N–H and O–H groups in total. The van der Waals surface area contributed by atoms with Crippen molar-refractivity contribution in [2.75, 3.05) is 30.0 Å². The minimum atomic E-state index is -0.588. The van der Waals surface area contributed by atoms with Crippen molar-refractivity contribution < 1.29 is 19.1 Å². The Balaban J connectivity index is 1.85. The van der Waals surface area contributed by atoms with E-state index in [1.165, 1.54) is 0 Å². The quantitative estimate of drug-likeness (QED) is 0.910. The Morgan fingerprint density at radius 1 is 1.40 bits per heavy atom. The number of nitrogens with zero attached hydrogens (tertiary/aromatic N) is 1. The maximum atomic E-state index is 12.8. The third kappa shape index (κ3) is 3.63. The second-order valence-corrected chi connectivity index (χ2v) is 7.30. The van der Waals surface area contributed by atoms with Crippen molar-refractivity contribution in [2.45, 2.75) is 46.1 Å². The second kappa shape index (κ2) is 7.04. The molecule has 0 bridgehead atoms. The Kier molecular flexibility index (Phi) is 4.99. The van der Waals surface area contributed by atoms with E-state index >= 15 is 0 Å². The van der Waals surface area contributed by atoms with Crippen LogP contribution in [0.1, 0.15) is 40.0 Å². The van der Waals surface area contributed by atoms with Crippen LogP contribution in [0.25, 0.3) is 0 Å². The number of ether oxygens (including phenoxy) is 2. The van der Waals surface area contributed by atoms with Crippen molar-refractivity contribution in [1.82, 2.24) is 0 Å². The van der Waals surface area contributed by atoms with Gasteiger partial charge in [-0.1, -0.05) is 6.92 Å². The predicted molar refractivity (Wildman–Crippen MR) is 96.0 cm³/mol. The Labute approximate surface area is 148 Å². The summed E-state index contributed by atoms with van der Waals surface area (Å²) in [5.41, 5.74) is 0.824. The molecule has 3 rings (SSSR count). The number of hydrogen-bond donors (Lipinski definition) is 1. The summed E-state index contributed by atoms with van der Waals surface area (Å²) in [5.74, 6) is 0.551. The summed E-state index contributed by atoms with van der Waals surface area (Å²) in [5, 5.41) is 2.89.